The highest BCUT2D eigenvalue weighted by Crippen LogP contribution is 2.31. The van der Waals surface area contributed by atoms with Crippen LogP contribution in [0.4, 0.5) is 27.6 Å². The number of nitrogens with one attached hydrogen (secondary N) is 1. The van der Waals surface area contributed by atoms with Crippen molar-refractivity contribution in [3.05, 3.63) is 71.5 Å². The predicted molar refractivity (Wildman–Crippen MR) is 104 cm³/mol. The number of hydrogen-bond acceptors (Lipinski definition) is 4. The second kappa shape index (κ2) is 8.67. The Hall–Kier alpha value is -3.32. The molecule has 0 saturated heterocycles. The second-order valence-corrected chi connectivity index (χ2v) is 8.15. The Bertz CT molecular complexity index is 1260. The van der Waals surface area contributed by atoms with Gasteiger partial charge < -0.3 is 5.32 Å². The van der Waals surface area contributed by atoms with Gasteiger partial charge in [0.05, 0.1) is 23.9 Å². The van der Waals surface area contributed by atoms with Gasteiger partial charge in [0.2, 0.25) is 15.9 Å². The molecule has 0 bridgehead atoms. The van der Waals surface area contributed by atoms with Crippen LogP contribution in [0.2, 0.25) is 0 Å². The summed E-state index contributed by atoms with van der Waals surface area (Å²) >= 11 is 0. The first kappa shape index (κ1) is 23.3. The number of nitrogens with zero attached hydrogens (tertiary/aromatic N) is 2. The van der Waals surface area contributed by atoms with Gasteiger partial charge in [-0.05, 0) is 23.8 Å². The summed E-state index contributed by atoms with van der Waals surface area (Å²) in [6.45, 7) is 0. The smallest absolute Gasteiger partial charge is 0.326 e. The number of hydrogen-bond donors (Lipinski definition) is 2. The number of carbonyl (C=O) groups is 1. The molecule has 0 aliphatic carbocycles. The van der Waals surface area contributed by atoms with Crippen LogP contribution in [0.5, 0.6) is 0 Å². The van der Waals surface area contributed by atoms with Crippen LogP contribution in [0, 0.1) is 0 Å². The molecule has 13 heteroatoms. The normalized spacial score (nSPS) is 12.2. The molecule has 0 fully saturated rings. The van der Waals surface area contributed by atoms with Crippen LogP contribution >= 0.6 is 0 Å². The maximum absolute atomic E-state index is 13.1. The fourth-order valence-electron chi connectivity index (χ4n) is 2.90. The standard InChI is InChI=1S/C19H15F5N4O3S/c20-18(21)14-4-2-1-3-11(14)7-17(29)27-13-5-6-15(16(8-13)32(25,30)31)28-10-12(9-26-28)19(22,23)24/h1-6,8-10,18H,7H2,(H,27,29)(H2,25,30,31). The Morgan fingerprint density at radius 3 is 2.44 bits per heavy atom. The first-order valence-electron chi connectivity index (χ1n) is 8.81. The molecule has 3 rings (SSSR count). The molecule has 0 unspecified atom stereocenters. The number of halogens is 5. The van der Waals surface area contributed by atoms with E-state index >= 15 is 0 Å². The Morgan fingerprint density at radius 2 is 1.84 bits per heavy atom. The summed E-state index contributed by atoms with van der Waals surface area (Å²) in [6.07, 6.45) is -6.79. The van der Waals surface area contributed by atoms with E-state index in [9.17, 15) is 35.2 Å². The van der Waals surface area contributed by atoms with Crippen molar-refractivity contribution >= 4 is 21.6 Å². The number of nitrogens with two attached hydrogens (primary N) is 1. The molecule has 1 amide bonds. The van der Waals surface area contributed by atoms with Gasteiger partial charge in [0.1, 0.15) is 4.90 Å². The molecule has 0 aliphatic rings. The van der Waals surface area contributed by atoms with Crippen molar-refractivity contribution in [1.29, 1.82) is 0 Å². The van der Waals surface area contributed by atoms with E-state index in [1.807, 2.05) is 0 Å². The minimum atomic E-state index is -4.69. The van der Waals surface area contributed by atoms with E-state index in [2.05, 4.69) is 10.4 Å². The Labute approximate surface area is 178 Å². The maximum atomic E-state index is 13.1. The molecule has 0 aliphatic heterocycles. The first-order chi connectivity index (χ1) is 14.9. The van der Waals surface area contributed by atoms with Gasteiger partial charge in [-0.1, -0.05) is 24.3 Å². The van der Waals surface area contributed by atoms with Crippen molar-refractivity contribution in [1.82, 2.24) is 9.78 Å². The van der Waals surface area contributed by atoms with Gasteiger partial charge in [-0.3, -0.25) is 4.79 Å². The van der Waals surface area contributed by atoms with Crippen molar-refractivity contribution < 1.29 is 35.2 Å². The summed E-state index contributed by atoms with van der Waals surface area (Å²) < 4.78 is 89.3. The van der Waals surface area contributed by atoms with Gasteiger partial charge in [-0.2, -0.15) is 18.3 Å². The topological polar surface area (TPSA) is 107 Å². The van der Waals surface area contributed by atoms with Gasteiger partial charge in [0.25, 0.3) is 6.43 Å². The van der Waals surface area contributed by atoms with E-state index in [0.717, 1.165) is 12.1 Å². The van der Waals surface area contributed by atoms with Crippen molar-refractivity contribution in [2.45, 2.75) is 23.9 Å². The van der Waals surface area contributed by atoms with Gasteiger partial charge in [0, 0.05) is 17.4 Å². The number of sulfonamides is 1. The van der Waals surface area contributed by atoms with Crippen LogP contribution in [0.15, 0.2) is 59.8 Å². The number of benzene rings is 2. The van der Waals surface area contributed by atoms with Crippen LogP contribution in [-0.4, -0.2) is 24.1 Å². The van der Waals surface area contributed by atoms with E-state index < -0.39 is 45.4 Å². The highest BCUT2D eigenvalue weighted by atomic mass is 32.2. The largest absolute Gasteiger partial charge is 0.419 e. The molecule has 32 heavy (non-hydrogen) atoms. The molecule has 0 saturated carbocycles. The molecular weight excluding hydrogens is 459 g/mol. The average molecular weight is 474 g/mol. The van der Waals surface area contributed by atoms with Crippen LogP contribution in [0.3, 0.4) is 0 Å². The highest BCUT2D eigenvalue weighted by Gasteiger charge is 2.32. The number of rotatable bonds is 6. The molecule has 170 valence electrons. The number of alkyl halides is 5. The fraction of sp³-hybridized carbons (Fsp3) is 0.158. The number of amides is 1. The lowest BCUT2D eigenvalue weighted by Gasteiger charge is -2.12. The second-order valence-electron chi connectivity index (χ2n) is 6.62. The van der Waals surface area contributed by atoms with Crippen molar-refractivity contribution in [3.8, 4) is 5.69 Å². The summed E-state index contributed by atoms with van der Waals surface area (Å²) in [5, 5.41) is 11.1. The summed E-state index contributed by atoms with van der Waals surface area (Å²) in [6, 6.07) is 8.69. The molecule has 0 radical (unpaired) electrons. The third kappa shape index (κ3) is 5.29. The van der Waals surface area contributed by atoms with E-state index in [4.69, 9.17) is 5.14 Å². The predicted octanol–water partition coefficient (Wildman–Crippen LogP) is 3.66. The van der Waals surface area contributed by atoms with Gasteiger partial charge >= 0.3 is 6.18 Å². The number of aromatic nitrogens is 2. The minimum absolute atomic E-state index is 0.0551. The van der Waals surface area contributed by atoms with E-state index in [0.29, 0.717) is 17.1 Å². The quantitative estimate of drug-likeness (QED) is 0.532. The molecule has 0 spiro atoms. The van der Waals surface area contributed by atoms with Gasteiger partial charge in [-0.25, -0.2) is 27.0 Å². The van der Waals surface area contributed by atoms with Gasteiger partial charge in [-0.15, -0.1) is 0 Å². The number of primary sulfonamides is 1. The zero-order valence-electron chi connectivity index (χ0n) is 16.0. The number of anilines is 1. The van der Waals surface area contributed by atoms with Crippen molar-refractivity contribution in [2.24, 2.45) is 5.14 Å². The first-order valence-corrected chi connectivity index (χ1v) is 10.4. The maximum Gasteiger partial charge on any atom is 0.419 e. The lowest BCUT2D eigenvalue weighted by atomic mass is 10.0. The van der Waals surface area contributed by atoms with E-state index in [-0.39, 0.29) is 22.5 Å². The zero-order valence-corrected chi connectivity index (χ0v) is 16.8. The summed E-state index contributed by atoms with van der Waals surface area (Å²) in [7, 11) is -4.44. The van der Waals surface area contributed by atoms with Crippen LogP contribution in [0.1, 0.15) is 23.1 Å². The molecule has 1 heterocycles. The van der Waals surface area contributed by atoms with E-state index in [1.54, 1.807) is 0 Å². The molecule has 3 N–H and O–H groups in total. The summed E-state index contributed by atoms with van der Waals surface area (Å²) in [4.78, 5) is 11.7. The van der Waals surface area contributed by atoms with Crippen LogP contribution in [-0.2, 0) is 27.4 Å². The molecule has 0 atom stereocenters. The van der Waals surface area contributed by atoms with Crippen molar-refractivity contribution in [3.63, 3.8) is 0 Å². The monoisotopic (exact) mass is 474 g/mol. The SMILES string of the molecule is NS(=O)(=O)c1cc(NC(=O)Cc2ccccc2C(F)F)ccc1-n1cc(C(F)(F)F)cn1. The van der Waals surface area contributed by atoms with Crippen molar-refractivity contribution in [2.75, 3.05) is 5.32 Å². The van der Waals surface area contributed by atoms with E-state index in [1.165, 1.54) is 30.3 Å². The molecular formula is C19H15F5N4O3S. The van der Waals surface area contributed by atoms with Crippen LogP contribution in [0.25, 0.3) is 5.69 Å². The molecule has 1 aromatic heterocycles. The van der Waals surface area contributed by atoms with Gasteiger partial charge in [0.15, 0.2) is 0 Å². The Balaban J connectivity index is 1.90. The Kier molecular flexibility index (Phi) is 6.32. The fourth-order valence-corrected chi connectivity index (χ4v) is 3.64. The third-order valence-corrected chi connectivity index (χ3v) is 5.29. The zero-order chi connectivity index (χ0) is 23.7. The lowest BCUT2D eigenvalue weighted by molar-refractivity contribution is -0.137. The minimum Gasteiger partial charge on any atom is -0.326 e. The summed E-state index contributed by atoms with van der Waals surface area (Å²) in [5.74, 6) is -0.718. The molecule has 7 nitrogen and oxygen atoms in total. The summed E-state index contributed by atoms with van der Waals surface area (Å²) in [5.41, 5.74) is -1.67. The Morgan fingerprint density at radius 1 is 1.16 bits per heavy atom. The highest BCUT2D eigenvalue weighted by molar-refractivity contribution is 7.89. The number of carbonyl (C=O) groups excluding carboxylic acids is 1. The van der Waals surface area contributed by atoms with Crippen LogP contribution < -0.4 is 10.5 Å². The average Bonchev–Trinajstić information content (AvgIpc) is 3.18. The molecule has 3 aromatic rings. The third-order valence-electron chi connectivity index (χ3n) is 4.35. The molecule has 2 aromatic carbocycles. The lowest BCUT2D eigenvalue weighted by Crippen LogP contribution is -2.18.